The maximum Gasteiger partial charge on any atom is 0.309 e. The number of hydrogen-bond donors (Lipinski definition) is 1. The molecule has 0 unspecified atom stereocenters. The first-order valence-electron chi connectivity index (χ1n) is 6.07. The minimum Gasteiger partial charge on any atom is -0.481 e. The normalized spacial score (nSPS) is 10.6. The highest BCUT2D eigenvalue weighted by Gasteiger charge is 2.17. The molecule has 0 bridgehead atoms. The Bertz CT molecular complexity index is 674. The van der Waals surface area contributed by atoms with E-state index in [2.05, 4.69) is 15.9 Å². The van der Waals surface area contributed by atoms with E-state index in [1.807, 2.05) is 48.9 Å². The largest absolute Gasteiger partial charge is 0.481 e. The average Bonchev–Trinajstić information content (AvgIpc) is 2.64. The molecule has 3 nitrogen and oxygen atoms in total. The Morgan fingerprint density at radius 1 is 1.35 bits per heavy atom. The SMILES string of the molecule is Cc1ccc(C(=S)c2c(Br)cc(CC(=O)O)n2C)cc1. The fourth-order valence-corrected chi connectivity index (χ4v) is 3.28. The van der Waals surface area contributed by atoms with Gasteiger partial charge in [-0.15, -0.1) is 0 Å². The molecule has 0 amide bonds. The van der Waals surface area contributed by atoms with Crippen LogP contribution in [-0.4, -0.2) is 20.5 Å². The number of aryl methyl sites for hydroxylation is 1. The third kappa shape index (κ3) is 2.99. The monoisotopic (exact) mass is 351 g/mol. The second-order valence-electron chi connectivity index (χ2n) is 4.66. The summed E-state index contributed by atoms with van der Waals surface area (Å²) in [5, 5.41) is 8.92. The van der Waals surface area contributed by atoms with Crippen molar-refractivity contribution in [3.63, 3.8) is 0 Å². The molecule has 1 aromatic carbocycles. The zero-order valence-electron chi connectivity index (χ0n) is 11.2. The second-order valence-corrected chi connectivity index (χ2v) is 5.92. The number of nitrogens with zero attached hydrogens (tertiary/aromatic N) is 1. The molecule has 0 spiro atoms. The van der Waals surface area contributed by atoms with Crippen molar-refractivity contribution in [3.8, 4) is 0 Å². The van der Waals surface area contributed by atoms with Crippen LogP contribution in [0.3, 0.4) is 0 Å². The van der Waals surface area contributed by atoms with E-state index in [0.29, 0.717) is 10.6 Å². The fourth-order valence-electron chi connectivity index (χ4n) is 2.04. The van der Waals surface area contributed by atoms with Crippen LogP contribution in [0, 0.1) is 6.92 Å². The van der Waals surface area contributed by atoms with E-state index < -0.39 is 5.97 Å². The zero-order chi connectivity index (χ0) is 14.9. The van der Waals surface area contributed by atoms with Crippen molar-refractivity contribution in [2.24, 2.45) is 7.05 Å². The van der Waals surface area contributed by atoms with Gasteiger partial charge in [-0.3, -0.25) is 4.79 Å². The standard InChI is InChI=1S/C15H14BrNO2S/c1-9-3-5-10(6-4-9)15(20)14-12(16)7-11(17(14)2)8-13(18)19/h3-7H,8H2,1-2H3,(H,18,19). The van der Waals surface area contributed by atoms with Crippen molar-refractivity contribution in [3.05, 3.63) is 57.3 Å². The zero-order valence-corrected chi connectivity index (χ0v) is 13.6. The van der Waals surface area contributed by atoms with Gasteiger partial charge in [0.1, 0.15) is 0 Å². The molecule has 0 saturated heterocycles. The van der Waals surface area contributed by atoms with Gasteiger partial charge in [-0.2, -0.15) is 0 Å². The molecule has 5 heteroatoms. The maximum absolute atomic E-state index is 10.9. The first-order valence-corrected chi connectivity index (χ1v) is 7.27. The van der Waals surface area contributed by atoms with Crippen molar-refractivity contribution in [2.75, 3.05) is 0 Å². The van der Waals surface area contributed by atoms with E-state index in [9.17, 15) is 4.79 Å². The Labute approximate surface area is 131 Å². The van der Waals surface area contributed by atoms with Crippen LogP contribution in [0.5, 0.6) is 0 Å². The lowest BCUT2D eigenvalue weighted by Gasteiger charge is -2.09. The summed E-state index contributed by atoms with van der Waals surface area (Å²) in [6.07, 6.45) is -0.0222. The number of rotatable bonds is 4. The maximum atomic E-state index is 10.9. The quantitative estimate of drug-likeness (QED) is 0.677. The van der Waals surface area contributed by atoms with Gasteiger partial charge in [0, 0.05) is 17.2 Å². The minimum absolute atomic E-state index is 0.0222. The fraction of sp³-hybridized carbons (Fsp3) is 0.200. The van der Waals surface area contributed by atoms with Gasteiger partial charge in [-0.05, 0) is 34.5 Å². The number of carboxylic acid groups (broad SMARTS) is 1. The Morgan fingerprint density at radius 3 is 2.50 bits per heavy atom. The molecule has 0 saturated carbocycles. The molecule has 2 rings (SSSR count). The second kappa shape index (κ2) is 5.89. The summed E-state index contributed by atoms with van der Waals surface area (Å²) in [5.41, 5.74) is 3.68. The van der Waals surface area contributed by atoms with Crippen molar-refractivity contribution >= 4 is 39.0 Å². The predicted molar refractivity (Wildman–Crippen MR) is 86.4 cm³/mol. The summed E-state index contributed by atoms with van der Waals surface area (Å²) in [6, 6.07) is 9.79. The van der Waals surface area contributed by atoms with Crippen LogP contribution in [0.25, 0.3) is 0 Å². The molecule has 0 aliphatic rings. The molecule has 2 aromatic rings. The molecule has 1 heterocycles. The number of carboxylic acids is 1. The van der Waals surface area contributed by atoms with Gasteiger partial charge < -0.3 is 9.67 Å². The van der Waals surface area contributed by atoms with Gasteiger partial charge in [0.2, 0.25) is 0 Å². The number of aliphatic carboxylic acids is 1. The number of hydrogen-bond acceptors (Lipinski definition) is 2. The van der Waals surface area contributed by atoms with Crippen LogP contribution >= 0.6 is 28.1 Å². The number of thiocarbonyl (C=S) groups is 1. The summed E-state index contributed by atoms with van der Waals surface area (Å²) in [4.78, 5) is 11.6. The Kier molecular flexibility index (Phi) is 4.40. The number of benzene rings is 1. The van der Waals surface area contributed by atoms with Gasteiger partial charge in [0.25, 0.3) is 0 Å². The molecule has 104 valence electrons. The summed E-state index contributed by atoms with van der Waals surface area (Å²) in [7, 11) is 1.83. The van der Waals surface area contributed by atoms with Crippen LogP contribution in [0.4, 0.5) is 0 Å². The molecule has 1 aromatic heterocycles. The van der Waals surface area contributed by atoms with Gasteiger partial charge in [0.15, 0.2) is 0 Å². The Morgan fingerprint density at radius 2 is 1.95 bits per heavy atom. The highest BCUT2D eigenvalue weighted by molar-refractivity contribution is 9.10. The Balaban J connectivity index is 2.42. The average molecular weight is 352 g/mol. The van der Waals surface area contributed by atoms with Crippen LogP contribution in [0.15, 0.2) is 34.8 Å². The summed E-state index contributed by atoms with van der Waals surface area (Å²) >= 11 is 9.00. The van der Waals surface area contributed by atoms with Crippen molar-refractivity contribution in [2.45, 2.75) is 13.3 Å². The van der Waals surface area contributed by atoms with Gasteiger partial charge in [0.05, 0.1) is 17.0 Å². The van der Waals surface area contributed by atoms with Crippen molar-refractivity contribution in [1.29, 1.82) is 0 Å². The molecular weight excluding hydrogens is 338 g/mol. The highest BCUT2D eigenvalue weighted by Crippen LogP contribution is 2.25. The first-order chi connectivity index (χ1) is 9.40. The number of halogens is 1. The number of carbonyl (C=O) groups is 1. The number of aromatic nitrogens is 1. The predicted octanol–water partition coefficient (Wildman–Crippen LogP) is 3.49. The van der Waals surface area contributed by atoms with Crippen molar-refractivity contribution < 1.29 is 9.90 Å². The molecule has 1 N–H and O–H groups in total. The van der Waals surface area contributed by atoms with Crippen LogP contribution in [0.2, 0.25) is 0 Å². The molecule has 0 aliphatic carbocycles. The summed E-state index contributed by atoms with van der Waals surface area (Å²) in [6.45, 7) is 2.02. The summed E-state index contributed by atoms with van der Waals surface area (Å²) in [5.74, 6) is -0.856. The molecule has 0 atom stereocenters. The van der Waals surface area contributed by atoms with Crippen molar-refractivity contribution in [1.82, 2.24) is 4.57 Å². The lowest BCUT2D eigenvalue weighted by Crippen LogP contribution is -2.11. The van der Waals surface area contributed by atoms with E-state index in [4.69, 9.17) is 17.3 Å². The van der Waals surface area contributed by atoms with E-state index in [0.717, 1.165) is 15.7 Å². The lowest BCUT2D eigenvalue weighted by atomic mass is 10.1. The van der Waals surface area contributed by atoms with Gasteiger partial charge >= 0.3 is 5.97 Å². The smallest absolute Gasteiger partial charge is 0.309 e. The van der Waals surface area contributed by atoms with Crippen LogP contribution in [0.1, 0.15) is 22.5 Å². The topological polar surface area (TPSA) is 42.2 Å². The lowest BCUT2D eigenvalue weighted by molar-refractivity contribution is -0.136. The minimum atomic E-state index is -0.856. The molecule has 0 fully saturated rings. The first kappa shape index (κ1) is 14.9. The molecule has 20 heavy (non-hydrogen) atoms. The van der Waals surface area contributed by atoms with E-state index >= 15 is 0 Å². The molecule has 0 aliphatic heterocycles. The third-order valence-electron chi connectivity index (χ3n) is 3.15. The van der Waals surface area contributed by atoms with E-state index in [-0.39, 0.29) is 6.42 Å². The van der Waals surface area contributed by atoms with Gasteiger partial charge in [-0.25, -0.2) is 0 Å². The van der Waals surface area contributed by atoms with Gasteiger partial charge in [-0.1, -0.05) is 42.0 Å². The Hall–Kier alpha value is -1.46. The van der Waals surface area contributed by atoms with Crippen LogP contribution in [-0.2, 0) is 18.3 Å². The highest BCUT2D eigenvalue weighted by atomic mass is 79.9. The summed E-state index contributed by atoms with van der Waals surface area (Å²) < 4.78 is 2.65. The third-order valence-corrected chi connectivity index (χ3v) is 4.18. The van der Waals surface area contributed by atoms with E-state index in [1.54, 1.807) is 0 Å². The van der Waals surface area contributed by atoms with E-state index in [1.165, 1.54) is 5.56 Å². The molecule has 0 radical (unpaired) electrons. The molecular formula is C15H14BrNO2S. The van der Waals surface area contributed by atoms with Crippen LogP contribution < -0.4 is 0 Å².